The zero-order valence-corrected chi connectivity index (χ0v) is 11.7. The second-order valence-electron chi connectivity index (χ2n) is 5.10. The minimum atomic E-state index is -4.68. The van der Waals surface area contributed by atoms with E-state index in [0.717, 1.165) is 28.9 Å². The van der Waals surface area contributed by atoms with Gasteiger partial charge in [0.25, 0.3) is 0 Å². The predicted molar refractivity (Wildman–Crippen MR) is 75.0 cm³/mol. The molecular weight excluding hydrogens is 296 g/mol. The van der Waals surface area contributed by atoms with Crippen molar-refractivity contribution in [3.8, 4) is 0 Å². The number of hydrogen-bond acceptors (Lipinski definition) is 1. The van der Waals surface area contributed by atoms with Crippen molar-refractivity contribution in [2.24, 2.45) is 0 Å². The molecule has 0 amide bonds. The van der Waals surface area contributed by atoms with Crippen molar-refractivity contribution in [2.45, 2.75) is 19.6 Å². The Morgan fingerprint density at radius 2 is 1.91 bits per heavy atom. The van der Waals surface area contributed by atoms with E-state index in [2.05, 4.69) is 4.98 Å². The highest BCUT2D eigenvalue weighted by Crippen LogP contribution is 2.32. The summed E-state index contributed by atoms with van der Waals surface area (Å²) >= 11 is 0. The van der Waals surface area contributed by atoms with Gasteiger partial charge in [-0.2, -0.15) is 13.2 Å². The van der Waals surface area contributed by atoms with E-state index in [4.69, 9.17) is 0 Å². The van der Waals surface area contributed by atoms with Crippen molar-refractivity contribution in [1.29, 1.82) is 0 Å². The fourth-order valence-electron chi connectivity index (χ4n) is 2.49. The summed E-state index contributed by atoms with van der Waals surface area (Å²) in [5, 5.41) is 0.937. The zero-order valence-electron chi connectivity index (χ0n) is 11.7. The first-order chi connectivity index (χ1) is 10.4. The first-order valence-corrected chi connectivity index (χ1v) is 6.63. The molecule has 0 saturated carbocycles. The second kappa shape index (κ2) is 5.12. The van der Waals surface area contributed by atoms with Gasteiger partial charge in [-0.1, -0.05) is 6.07 Å². The number of nitrogens with zero attached hydrogens (tertiary/aromatic N) is 2. The molecule has 0 aliphatic heterocycles. The lowest BCUT2D eigenvalue weighted by Crippen LogP contribution is -2.09. The molecule has 2 nitrogen and oxygen atoms in total. The van der Waals surface area contributed by atoms with Gasteiger partial charge in [0.1, 0.15) is 11.5 Å². The number of fused-ring (bicyclic) bond motifs is 1. The van der Waals surface area contributed by atoms with Crippen LogP contribution in [-0.2, 0) is 12.7 Å². The van der Waals surface area contributed by atoms with Gasteiger partial charge in [-0.3, -0.25) is 0 Å². The van der Waals surface area contributed by atoms with Crippen molar-refractivity contribution >= 4 is 11.0 Å². The Balaban J connectivity index is 1.99. The van der Waals surface area contributed by atoms with Crippen molar-refractivity contribution in [2.75, 3.05) is 0 Å². The number of rotatable bonds is 2. The molecule has 0 unspecified atom stereocenters. The summed E-state index contributed by atoms with van der Waals surface area (Å²) < 4.78 is 53.2. The van der Waals surface area contributed by atoms with Crippen LogP contribution >= 0.6 is 0 Å². The molecule has 22 heavy (non-hydrogen) atoms. The maximum absolute atomic E-state index is 13.6. The number of benzene rings is 1. The molecule has 0 saturated heterocycles. The van der Waals surface area contributed by atoms with E-state index in [-0.39, 0.29) is 6.54 Å². The maximum atomic E-state index is 13.6. The monoisotopic (exact) mass is 308 g/mol. The third kappa shape index (κ3) is 2.56. The Morgan fingerprint density at radius 3 is 2.59 bits per heavy atom. The third-order valence-corrected chi connectivity index (χ3v) is 3.54. The fourth-order valence-corrected chi connectivity index (χ4v) is 2.49. The first kappa shape index (κ1) is 14.6. The van der Waals surface area contributed by atoms with Crippen LogP contribution in [0, 0.1) is 12.7 Å². The first-order valence-electron chi connectivity index (χ1n) is 6.63. The standard InChI is InChI=1S/C16H12F4N2/c1-10-7-12-3-2-6-21-15(12)22(10)9-11-4-5-13(14(17)8-11)16(18,19)20/h2-8H,9H2,1H3. The molecule has 3 aromatic rings. The highest BCUT2D eigenvalue weighted by molar-refractivity contribution is 5.77. The lowest BCUT2D eigenvalue weighted by Gasteiger charge is -2.11. The molecule has 0 N–H and O–H groups in total. The molecule has 2 heterocycles. The van der Waals surface area contributed by atoms with Gasteiger partial charge in [0.05, 0.1) is 5.56 Å². The van der Waals surface area contributed by atoms with Crippen molar-refractivity contribution in [3.05, 3.63) is 65.2 Å². The number of alkyl halides is 3. The van der Waals surface area contributed by atoms with Gasteiger partial charge >= 0.3 is 6.18 Å². The molecule has 0 aliphatic rings. The summed E-state index contributed by atoms with van der Waals surface area (Å²) in [4.78, 5) is 4.27. The highest BCUT2D eigenvalue weighted by atomic mass is 19.4. The van der Waals surface area contributed by atoms with Crippen LogP contribution in [0.4, 0.5) is 17.6 Å². The normalized spacial score (nSPS) is 12.0. The van der Waals surface area contributed by atoms with Crippen LogP contribution in [0.2, 0.25) is 0 Å². The zero-order chi connectivity index (χ0) is 15.9. The molecule has 0 aliphatic carbocycles. The molecule has 0 fully saturated rings. The average Bonchev–Trinajstić information content (AvgIpc) is 2.74. The van der Waals surface area contributed by atoms with Crippen LogP contribution in [-0.4, -0.2) is 9.55 Å². The van der Waals surface area contributed by atoms with Crippen molar-refractivity contribution < 1.29 is 17.6 Å². The summed E-state index contributed by atoms with van der Waals surface area (Å²) in [5.74, 6) is -1.26. The lowest BCUT2D eigenvalue weighted by molar-refractivity contribution is -0.140. The summed E-state index contributed by atoms with van der Waals surface area (Å²) in [6.07, 6.45) is -3.04. The SMILES string of the molecule is Cc1cc2cccnc2n1Cc1ccc(C(F)(F)F)c(F)c1. The minimum Gasteiger partial charge on any atom is -0.326 e. The number of hydrogen-bond donors (Lipinski definition) is 0. The van der Waals surface area contributed by atoms with Gasteiger partial charge in [0.15, 0.2) is 0 Å². The van der Waals surface area contributed by atoms with Gasteiger partial charge in [0, 0.05) is 23.8 Å². The molecule has 0 bridgehead atoms. The van der Waals surface area contributed by atoms with E-state index in [9.17, 15) is 17.6 Å². The average molecular weight is 308 g/mol. The third-order valence-electron chi connectivity index (χ3n) is 3.54. The maximum Gasteiger partial charge on any atom is 0.419 e. The van der Waals surface area contributed by atoms with Crippen molar-refractivity contribution in [1.82, 2.24) is 9.55 Å². The Kier molecular flexibility index (Phi) is 3.39. The lowest BCUT2D eigenvalue weighted by atomic mass is 10.1. The Morgan fingerprint density at radius 1 is 1.14 bits per heavy atom. The predicted octanol–water partition coefficient (Wildman–Crippen LogP) is 4.55. The van der Waals surface area contributed by atoms with E-state index >= 15 is 0 Å². The number of halogens is 4. The molecule has 0 spiro atoms. The highest BCUT2D eigenvalue weighted by Gasteiger charge is 2.33. The van der Waals surface area contributed by atoms with Crippen LogP contribution in [0.25, 0.3) is 11.0 Å². The van der Waals surface area contributed by atoms with Crippen LogP contribution in [0.3, 0.4) is 0 Å². The summed E-state index contributed by atoms with van der Waals surface area (Å²) in [6.45, 7) is 2.14. The van der Waals surface area contributed by atoms with E-state index < -0.39 is 17.6 Å². The van der Waals surface area contributed by atoms with E-state index in [0.29, 0.717) is 5.56 Å². The number of pyridine rings is 1. The second-order valence-corrected chi connectivity index (χ2v) is 5.10. The quantitative estimate of drug-likeness (QED) is 0.635. The van der Waals surface area contributed by atoms with E-state index in [1.54, 1.807) is 6.20 Å². The molecule has 0 atom stereocenters. The number of aryl methyl sites for hydroxylation is 1. The van der Waals surface area contributed by atoms with E-state index in [1.807, 2.05) is 29.7 Å². The summed E-state index contributed by atoms with van der Waals surface area (Å²) in [7, 11) is 0. The van der Waals surface area contributed by atoms with Crippen LogP contribution in [0.5, 0.6) is 0 Å². The van der Waals surface area contributed by atoms with Gasteiger partial charge in [-0.15, -0.1) is 0 Å². The molecule has 3 rings (SSSR count). The number of aromatic nitrogens is 2. The molecule has 2 aromatic heterocycles. The smallest absolute Gasteiger partial charge is 0.326 e. The van der Waals surface area contributed by atoms with Gasteiger partial charge in [-0.25, -0.2) is 9.37 Å². The fraction of sp³-hybridized carbons (Fsp3) is 0.188. The molecule has 0 radical (unpaired) electrons. The molecule has 6 heteroatoms. The molecular formula is C16H12F4N2. The van der Waals surface area contributed by atoms with Gasteiger partial charge < -0.3 is 4.57 Å². The Hall–Kier alpha value is -2.37. The largest absolute Gasteiger partial charge is 0.419 e. The van der Waals surface area contributed by atoms with Gasteiger partial charge in [-0.05, 0) is 42.8 Å². The molecule has 1 aromatic carbocycles. The van der Waals surface area contributed by atoms with Crippen LogP contribution in [0.15, 0.2) is 42.6 Å². The van der Waals surface area contributed by atoms with E-state index in [1.165, 1.54) is 6.07 Å². The van der Waals surface area contributed by atoms with Crippen LogP contribution in [0.1, 0.15) is 16.8 Å². The molecule has 114 valence electrons. The summed E-state index contributed by atoms with van der Waals surface area (Å²) in [5.41, 5.74) is 0.842. The minimum absolute atomic E-state index is 0.265. The van der Waals surface area contributed by atoms with Gasteiger partial charge in [0.2, 0.25) is 0 Å². The van der Waals surface area contributed by atoms with Crippen LogP contribution < -0.4 is 0 Å². The topological polar surface area (TPSA) is 17.8 Å². The summed E-state index contributed by atoms with van der Waals surface area (Å²) in [6, 6.07) is 8.64. The Bertz CT molecular complexity index is 834. The van der Waals surface area contributed by atoms with Crippen molar-refractivity contribution in [3.63, 3.8) is 0 Å². The Labute approximate surface area is 124 Å².